The molecule has 0 spiro atoms. The molecule has 0 amide bonds. The number of fused-ring (bicyclic) bond motifs is 1. The maximum Gasteiger partial charge on any atom is 0.312 e. The minimum absolute atomic E-state index is 0.110. The van der Waals surface area contributed by atoms with Crippen LogP contribution in [0.4, 0.5) is 0 Å². The topological polar surface area (TPSA) is 75.3 Å². The van der Waals surface area contributed by atoms with Crippen molar-refractivity contribution in [1.29, 1.82) is 0 Å². The van der Waals surface area contributed by atoms with Gasteiger partial charge in [-0.05, 0) is 25.1 Å². The molecule has 1 atom stereocenters. The average Bonchev–Trinajstić information content (AvgIpc) is 2.52. The Labute approximate surface area is 91.9 Å². The van der Waals surface area contributed by atoms with E-state index in [1.54, 1.807) is 24.7 Å². The maximum absolute atomic E-state index is 11.0. The van der Waals surface area contributed by atoms with Crippen molar-refractivity contribution in [3.05, 3.63) is 23.9 Å². The summed E-state index contributed by atoms with van der Waals surface area (Å²) in [6.07, 6.45) is 0. The molecule has 0 aliphatic rings. The van der Waals surface area contributed by atoms with Crippen LogP contribution in [0.2, 0.25) is 0 Å². The van der Waals surface area contributed by atoms with Gasteiger partial charge in [0.2, 0.25) is 0 Å². The summed E-state index contributed by atoms with van der Waals surface area (Å²) in [6.45, 7) is 1.60. The number of carboxylic acid groups (broad SMARTS) is 1. The van der Waals surface area contributed by atoms with E-state index in [1.807, 2.05) is 0 Å². The van der Waals surface area contributed by atoms with E-state index in [-0.39, 0.29) is 5.75 Å². The molecular formula is C11H12N2O3. The first-order chi connectivity index (χ1) is 7.50. The first kappa shape index (κ1) is 10.5. The molecule has 2 N–H and O–H groups in total. The fourth-order valence-corrected chi connectivity index (χ4v) is 1.84. The maximum atomic E-state index is 11.0. The molecular weight excluding hydrogens is 208 g/mol. The fourth-order valence-electron chi connectivity index (χ4n) is 1.84. The number of carboxylic acids is 1. The summed E-state index contributed by atoms with van der Waals surface area (Å²) in [7, 11) is 1.70. The summed E-state index contributed by atoms with van der Waals surface area (Å²) in [5, 5.41) is 23.3. The quantitative estimate of drug-likeness (QED) is 0.803. The van der Waals surface area contributed by atoms with Crippen molar-refractivity contribution in [2.75, 3.05) is 0 Å². The van der Waals surface area contributed by atoms with E-state index in [0.717, 1.165) is 0 Å². The van der Waals surface area contributed by atoms with Gasteiger partial charge in [-0.25, -0.2) is 0 Å². The number of aromatic hydroxyl groups is 1. The van der Waals surface area contributed by atoms with Crippen LogP contribution in [-0.2, 0) is 11.8 Å². The van der Waals surface area contributed by atoms with E-state index in [2.05, 4.69) is 5.10 Å². The zero-order valence-corrected chi connectivity index (χ0v) is 9.01. The molecule has 84 valence electrons. The second-order valence-corrected chi connectivity index (χ2v) is 3.77. The van der Waals surface area contributed by atoms with Crippen LogP contribution >= 0.6 is 0 Å². The molecule has 0 fully saturated rings. The molecule has 0 saturated heterocycles. The number of rotatable bonds is 2. The molecule has 0 bridgehead atoms. The van der Waals surface area contributed by atoms with Crippen LogP contribution < -0.4 is 0 Å². The highest BCUT2D eigenvalue weighted by atomic mass is 16.4. The number of phenolic OH excluding ortho intramolecular Hbond substituents is 1. The first-order valence-corrected chi connectivity index (χ1v) is 4.89. The number of aliphatic carboxylic acids is 1. The Morgan fingerprint density at radius 1 is 1.50 bits per heavy atom. The minimum atomic E-state index is -0.909. The molecule has 1 aromatic heterocycles. The third kappa shape index (κ3) is 1.50. The third-order valence-corrected chi connectivity index (χ3v) is 2.64. The molecule has 0 saturated carbocycles. The summed E-state index contributed by atoms with van der Waals surface area (Å²) in [4.78, 5) is 11.0. The van der Waals surface area contributed by atoms with Crippen LogP contribution in [0.15, 0.2) is 18.2 Å². The molecule has 1 heterocycles. The van der Waals surface area contributed by atoms with E-state index in [9.17, 15) is 9.90 Å². The molecule has 5 nitrogen and oxygen atoms in total. The Kier molecular flexibility index (Phi) is 2.30. The molecule has 0 aliphatic carbocycles. The first-order valence-electron chi connectivity index (χ1n) is 4.89. The van der Waals surface area contributed by atoms with E-state index in [4.69, 9.17) is 5.11 Å². The van der Waals surface area contributed by atoms with Gasteiger partial charge < -0.3 is 10.2 Å². The van der Waals surface area contributed by atoms with Crippen molar-refractivity contribution >= 4 is 16.9 Å². The lowest BCUT2D eigenvalue weighted by Crippen LogP contribution is -2.12. The number of aryl methyl sites for hydroxylation is 1. The summed E-state index contributed by atoms with van der Waals surface area (Å²) in [6, 6.07) is 4.74. The number of benzene rings is 1. The van der Waals surface area contributed by atoms with Gasteiger partial charge in [0, 0.05) is 12.4 Å². The van der Waals surface area contributed by atoms with Gasteiger partial charge in [-0.2, -0.15) is 5.10 Å². The lowest BCUT2D eigenvalue weighted by atomic mass is 10.0. The van der Waals surface area contributed by atoms with Crippen LogP contribution in [0.3, 0.4) is 0 Å². The molecule has 1 unspecified atom stereocenters. The van der Waals surface area contributed by atoms with Crippen LogP contribution in [0.25, 0.3) is 10.9 Å². The predicted octanol–water partition coefficient (Wildman–Crippen LogP) is 1.47. The van der Waals surface area contributed by atoms with Crippen molar-refractivity contribution in [2.45, 2.75) is 12.8 Å². The van der Waals surface area contributed by atoms with Gasteiger partial charge in [0.25, 0.3) is 0 Å². The highest BCUT2D eigenvalue weighted by molar-refractivity contribution is 5.88. The summed E-state index contributed by atoms with van der Waals surface area (Å²) in [5.74, 6) is -1.45. The van der Waals surface area contributed by atoms with Crippen molar-refractivity contribution in [3.63, 3.8) is 0 Å². The second-order valence-electron chi connectivity index (χ2n) is 3.77. The number of nitrogens with zero attached hydrogens (tertiary/aromatic N) is 2. The Bertz CT molecular complexity index is 560. The Morgan fingerprint density at radius 3 is 2.81 bits per heavy atom. The van der Waals surface area contributed by atoms with Crippen molar-refractivity contribution in [3.8, 4) is 5.75 Å². The monoisotopic (exact) mass is 220 g/mol. The molecule has 5 heteroatoms. The number of carbonyl (C=O) groups is 1. The predicted molar refractivity (Wildman–Crippen MR) is 58.4 cm³/mol. The third-order valence-electron chi connectivity index (χ3n) is 2.64. The highest BCUT2D eigenvalue weighted by Gasteiger charge is 2.21. The normalized spacial score (nSPS) is 12.9. The van der Waals surface area contributed by atoms with Crippen LogP contribution in [0, 0.1) is 0 Å². The van der Waals surface area contributed by atoms with Crippen molar-refractivity contribution in [1.82, 2.24) is 9.78 Å². The fraction of sp³-hybridized carbons (Fsp3) is 0.273. The molecule has 2 rings (SSSR count). The summed E-state index contributed by atoms with van der Waals surface area (Å²) in [5.41, 5.74) is 1.28. The van der Waals surface area contributed by atoms with Crippen LogP contribution in [0.5, 0.6) is 5.75 Å². The molecule has 0 radical (unpaired) electrons. The van der Waals surface area contributed by atoms with Gasteiger partial charge in [0.1, 0.15) is 5.75 Å². The minimum Gasteiger partial charge on any atom is -0.508 e. The molecule has 16 heavy (non-hydrogen) atoms. The van der Waals surface area contributed by atoms with Gasteiger partial charge in [0.15, 0.2) is 0 Å². The van der Waals surface area contributed by atoms with Gasteiger partial charge in [-0.15, -0.1) is 0 Å². The van der Waals surface area contributed by atoms with Crippen molar-refractivity contribution < 1.29 is 15.0 Å². The number of hydrogen-bond donors (Lipinski definition) is 2. The SMILES string of the molecule is CC(C(=O)O)c1c2cc(O)ccc2nn1C. The largest absolute Gasteiger partial charge is 0.508 e. The standard InChI is InChI=1S/C11H12N2O3/c1-6(11(15)16)10-8-5-7(14)3-4-9(8)12-13(10)2/h3-6,14H,1-2H3,(H,15,16). The molecule has 2 aromatic rings. The van der Waals surface area contributed by atoms with Gasteiger partial charge >= 0.3 is 5.97 Å². The average molecular weight is 220 g/mol. The van der Waals surface area contributed by atoms with E-state index in [1.165, 1.54) is 12.1 Å². The van der Waals surface area contributed by atoms with E-state index < -0.39 is 11.9 Å². The zero-order valence-electron chi connectivity index (χ0n) is 9.01. The van der Waals surface area contributed by atoms with E-state index >= 15 is 0 Å². The van der Waals surface area contributed by atoms with Crippen molar-refractivity contribution in [2.24, 2.45) is 7.05 Å². The molecule has 0 aliphatic heterocycles. The van der Waals surface area contributed by atoms with Gasteiger partial charge in [0.05, 0.1) is 17.1 Å². The zero-order chi connectivity index (χ0) is 11.9. The second kappa shape index (κ2) is 3.52. The van der Waals surface area contributed by atoms with Crippen LogP contribution in [-0.4, -0.2) is 26.0 Å². The Balaban J connectivity index is 2.72. The Hall–Kier alpha value is -2.04. The lowest BCUT2D eigenvalue weighted by molar-refractivity contribution is -0.138. The number of phenols is 1. The highest BCUT2D eigenvalue weighted by Crippen LogP contribution is 2.27. The molecule has 1 aromatic carbocycles. The van der Waals surface area contributed by atoms with Crippen LogP contribution in [0.1, 0.15) is 18.5 Å². The Morgan fingerprint density at radius 2 is 2.19 bits per heavy atom. The van der Waals surface area contributed by atoms with E-state index in [0.29, 0.717) is 16.6 Å². The van der Waals surface area contributed by atoms with Gasteiger partial charge in [-0.3, -0.25) is 9.48 Å². The number of aromatic nitrogens is 2. The lowest BCUT2D eigenvalue weighted by Gasteiger charge is -2.07. The van der Waals surface area contributed by atoms with Gasteiger partial charge in [-0.1, -0.05) is 0 Å². The summed E-state index contributed by atoms with van der Waals surface area (Å²) >= 11 is 0. The summed E-state index contributed by atoms with van der Waals surface area (Å²) < 4.78 is 1.54. The number of hydrogen-bond acceptors (Lipinski definition) is 3. The smallest absolute Gasteiger partial charge is 0.312 e.